The molecule has 1 atom stereocenters. The lowest BCUT2D eigenvalue weighted by molar-refractivity contribution is -0.0542. The van der Waals surface area contributed by atoms with Gasteiger partial charge < -0.3 is 9.64 Å². The molecule has 0 N–H and O–H groups in total. The number of thioether (sulfide) groups is 1. The van der Waals surface area contributed by atoms with Gasteiger partial charge in [0, 0.05) is 24.4 Å². The van der Waals surface area contributed by atoms with Crippen LogP contribution in [0.5, 0.6) is 0 Å². The highest BCUT2D eigenvalue weighted by Gasteiger charge is 2.34. The Hall–Kier alpha value is -0.850. The summed E-state index contributed by atoms with van der Waals surface area (Å²) in [5.74, 6) is 1.16. The van der Waals surface area contributed by atoms with Gasteiger partial charge in [0.25, 0.3) is 0 Å². The molecule has 2 aromatic rings. The lowest BCUT2D eigenvalue weighted by Gasteiger charge is -2.33. The molecule has 4 heterocycles. The molecule has 2 aliphatic rings. The van der Waals surface area contributed by atoms with Crippen LogP contribution in [0.25, 0.3) is 10.2 Å². The fourth-order valence-electron chi connectivity index (χ4n) is 3.51. The normalized spacial score (nSPS) is 24.4. The van der Waals surface area contributed by atoms with E-state index in [1.807, 2.05) is 0 Å². The van der Waals surface area contributed by atoms with Crippen molar-refractivity contribution in [1.82, 2.24) is 9.97 Å². The van der Waals surface area contributed by atoms with Crippen molar-refractivity contribution in [2.45, 2.75) is 56.9 Å². The van der Waals surface area contributed by atoms with Gasteiger partial charge in [0.15, 0.2) is 5.16 Å². The second-order valence-corrected chi connectivity index (χ2v) is 8.54. The molecule has 4 nitrogen and oxygen atoms in total. The first kappa shape index (κ1) is 15.7. The van der Waals surface area contributed by atoms with Crippen LogP contribution in [0.15, 0.2) is 5.16 Å². The van der Waals surface area contributed by atoms with Crippen LogP contribution in [0.3, 0.4) is 0 Å². The Morgan fingerprint density at radius 3 is 2.78 bits per heavy atom. The molecular weight excluding hydrogens is 326 g/mol. The molecule has 6 heteroatoms. The lowest BCUT2D eigenvalue weighted by atomic mass is 9.90. The SMILES string of the molecule is CC[C@@]1(C)Cc2c(sc3nc(SC)nc(N4CCCC4)c23)CO1. The van der Waals surface area contributed by atoms with Crippen LogP contribution < -0.4 is 4.90 Å². The minimum atomic E-state index is -0.0541. The van der Waals surface area contributed by atoms with Gasteiger partial charge in [-0.2, -0.15) is 0 Å². The number of ether oxygens (including phenoxy) is 1. The Bertz CT molecular complexity index is 739. The molecular formula is C17H23N3OS2. The van der Waals surface area contributed by atoms with Crippen molar-refractivity contribution in [1.29, 1.82) is 0 Å². The average Bonchev–Trinajstić information content (AvgIpc) is 3.21. The molecule has 0 aromatic carbocycles. The van der Waals surface area contributed by atoms with E-state index in [-0.39, 0.29) is 5.60 Å². The Balaban J connectivity index is 1.91. The van der Waals surface area contributed by atoms with Gasteiger partial charge in [0.2, 0.25) is 0 Å². The van der Waals surface area contributed by atoms with E-state index in [0.717, 1.165) is 48.3 Å². The maximum absolute atomic E-state index is 6.14. The van der Waals surface area contributed by atoms with Gasteiger partial charge in [-0.15, -0.1) is 11.3 Å². The van der Waals surface area contributed by atoms with Crippen LogP contribution in [0.2, 0.25) is 0 Å². The molecule has 0 amide bonds. The summed E-state index contributed by atoms with van der Waals surface area (Å²) in [7, 11) is 0. The maximum Gasteiger partial charge on any atom is 0.190 e. The molecule has 23 heavy (non-hydrogen) atoms. The molecule has 124 valence electrons. The summed E-state index contributed by atoms with van der Waals surface area (Å²) in [6, 6.07) is 0. The molecule has 4 rings (SSSR count). The molecule has 0 bridgehead atoms. The van der Waals surface area contributed by atoms with Crippen molar-refractivity contribution in [3.63, 3.8) is 0 Å². The highest BCUT2D eigenvalue weighted by Crippen LogP contribution is 2.43. The standard InChI is InChI=1S/C17H23N3OS2/c1-4-17(2)9-11-12(10-21-17)23-15-13(11)14(18-16(19-15)22-3)20-7-5-6-8-20/h4-10H2,1-3H3/t17-/m0/s1. The van der Waals surface area contributed by atoms with E-state index in [0.29, 0.717) is 0 Å². The molecule has 0 aliphatic carbocycles. The lowest BCUT2D eigenvalue weighted by Crippen LogP contribution is -2.34. The molecule has 0 spiro atoms. The van der Waals surface area contributed by atoms with Crippen LogP contribution in [-0.2, 0) is 17.8 Å². The van der Waals surface area contributed by atoms with Crippen LogP contribution in [0, 0.1) is 0 Å². The van der Waals surface area contributed by atoms with Crippen molar-refractivity contribution >= 4 is 39.1 Å². The Morgan fingerprint density at radius 2 is 2.09 bits per heavy atom. The van der Waals surface area contributed by atoms with Crippen molar-refractivity contribution in [2.75, 3.05) is 24.2 Å². The van der Waals surface area contributed by atoms with Crippen molar-refractivity contribution in [3.8, 4) is 0 Å². The number of nitrogens with zero attached hydrogens (tertiary/aromatic N) is 3. The van der Waals surface area contributed by atoms with Gasteiger partial charge in [-0.1, -0.05) is 18.7 Å². The van der Waals surface area contributed by atoms with Gasteiger partial charge in [0.1, 0.15) is 10.6 Å². The van der Waals surface area contributed by atoms with Gasteiger partial charge >= 0.3 is 0 Å². The zero-order valence-electron chi connectivity index (χ0n) is 14.0. The van der Waals surface area contributed by atoms with E-state index in [9.17, 15) is 0 Å². The third-order valence-electron chi connectivity index (χ3n) is 5.13. The first-order valence-electron chi connectivity index (χ1n) is 8.39. The van der Waals surface area contributed by atoms with Gasteiger partial charge in [-0.05, 0) is 38.0 Å². The van der Waals surface area contributed by atoms with Crippen LogP contribution in [0.4, 0.5) is 5.82 Å². The summed E-state index contributed by atoms with van der Waals surface area (Å²) in [5, 5.41) is 2.19. The molecule has 0 unspecified atom stereocenters. The molecule has 0 radical (unpaired) electrons. The van der Waals surface area contributed by atoms with Gasteiger partial charge in [0.05, 0.1) is 17.6 Å². The first-order valence-corrected chi connectivity index (χ1v) is 10.4. The fraction of sp³-hybridized carbons (Fsp3) is 0.647. The predicted molar refractivity (Wildman–Crippen MR) is 97.8 cm³/mol. The summed E-state index contributed by atoms with van der Waals surface area (Å²) in [5.41, 5.74) is 1.39. The number of thiophene rings is 1. The summed E-state index contributed by atoms with van der Waals surface area (Å²) in [6.07, 6.45) is 6.60. The number of hydrogen-bond donors (Lipinski definition) is 0. The van der Waals surface area contributed by atoms with E-state index in [4.69, 9.17) is 14.7 Å². The van der Waals surface area contributed by atoms with E-state index in [1.54, 1.807) is 23.1 Å². The minimum Gasteiger partial charge on any atom is -0.369 e. The maximum atomic E-state index is 6.14. The third kappa shape index (κ3) is 2.65. The average molecular weight is 350 g/mol. The summed E-state index contributed by atoms with van der Waals surface area (Å²) < 4.78 is 6.14. The summed E-state index contributed by atoms with van der Waals surface area (Å²) in [6.45, 7) is 7.39. The zero-order valence-corrected chi connectivity index (χ0v) is 15.6. The fourth-order valence-corrected chi connectivity index (χ4v) is 5.03. The summed E-state index contributed by atoms with van der Waals surface area (Å²) in [4.78, 5) is 14.6. The molecule has 0 saturated carbocycles. The highest BCUT2D eigenvalue weighted by atomic mass is 32.2. The summed E-state index contributed by atoms with van der Waals surface area (Å²) >= 11 is 3.43. The van der Waals surface area contributed by atoms with Crippen LogP contribution in [0.1, 0.15) is 43.6 Å². The van der Waals surface area contributed by atoms with Gasteiger partial charge in [-0.25, -0.2) is 9.97 Å². The third-order valence-corrected chi connectivity index (χ3v) is 6.78. The zero-order chi connectivity index (χ0) is 16.0. The van der Waals surface area contributed by atoms with E-state index in [2.05, 4.69) is 25.0 Å². The highest BCUT2D eigenvalue weighted by molar-refractivity contribution is 7.98. The number of aromatic nitrogens is 2. The Labute approximate surface area is 145 Å². The quantitative estimate of drug-likeness (QED) is 0.612. The number of anilines is 1. The topological polar surface area (TPSA) is 38.2 Å². The molecule has 2 aromatic heterocycles. The second-order valence-electron chi connectivity index (χ2n) is 6.68. The van der Waals surface area contributed by atoms with Crippen LogP contribution in [-0.4, -0.2) is 34.9 Å². The van der Waals surface area contributed by atoms with Crippen LogP contribution >= 0.6 is 23.1 Å². The number of rotatable bonds is 3. The van der Waals surface area contributed by atoms with E-state index >= 15 is 0 Å². The molecule has 1 saturated heterocycles. The Kier molecular flexibility index (Phi) is 4.02. The minimum absolute atomic E-state index is 0.0541. The van der Waals surface area contributed by atoms with Crippen molar-refractivity contribution in [3.05, 3.63) is 10.4 Å². The second kappa shape index (κ2) is 5.90. The first-order chi connectivity index (χ1) is 11.1. The monoisotopic (exact) mass is 349 g/mol. The van der Waals surface area contributed by atoms with Crippen molar-refractivity contribution in [2.24, 2.45) is 0 Å². The predicted octanol–water partition coefficient (Wildman–Crippen LogP) is 4.25. The largest absolute Gasteiger partial charge is 0.369 e. The Morgan fingerprint density at radius 1 is 1.30 bits per heavy atom. The molecule has 2 aliphatic heterocycles. The van der Waals surface area contributed by atoms with Crippen molar-refractivity contribution < 1.29 is 4.74 Å². The molecule has 1 fully saturated rings. The smallest absolute Gasteiger partial charge is 0.190 e. The van der Waals surface area contributed by atoms with E-state index in [1.165, 1.54) is 28.7 Å². The number of fused-ring (bicyclic) bond motifs is 3. The number of hydrogen-bond acceptors (Lipinski definition) is 6. The van der Waals surface area contributed by atoms with Gasteiger partial charge in [-0.3, -0.25) is 0 Å². The van der Waals surface area contributed by atoms with E-state index < -0.39 is 0 Å².